The molecule has 0 radical (unpaired) electrons. The van der Waals surface area contributed by atoms with Gasteiger partial charge in [-0.1, -0.05) is 0 Å². The predicted molar refractivity (Wildman–Crippen MR) is 116 cm³/mol. The van der Waals surface area contributed by atoms with Gasteiger partial charge in [0, 0.05) is 57.3 Å². The van der Waals surface area contributed by atoms with Gasteiger partial charge in [0.1, 0.15) is 11.3 Å². The molecule has 1 saturated heterocycles. The van der Waals surface area contributed by atoms with Crippen LogP contribution < -0.4 is 16.1 Å². The van der Waals surface area contributed by atoms with E-state index >= 15 is 0 Å². The number of nitrogens with zero attached hydrogens (tertiary/aromatic N) is 4. The normalized spacial score (nSPS) is 14.3. The lowest BCUT2D eigenvalue weighted by Crippen LogP contribution is -2.48. The number of carbonyl (C=O) groups is 2. The van der Waals surface area contributed by atoms with E-state index in [4.69, 9.17) is 0 Å². The van der Waals surface area contributed by atoms with Crippen LogP contribution in [0.4, 0.5) is 5.69 Å². The summed E-state index contributed by atoms with van der Waals surface area (Å²) in [7, 11) is 1.53. The zero-order valence-electron chi connectivity index (χ0n) is 17.5. The number of fused-ring (bicyclic) bond motifs is 1. The molecule has 0 unspecified atom stereocenters. The highest BCUT2D eigenvalue weighted by atomic mass is 16.2. The van der Waals surface area contributed by atoms with E-state index in [9.17, 15) is 19.2 Å². The molecule has 0 saturated carbocycles. The molecule has 1 aliphatic rings. The summed E-state index contributed by atoms with van der Waals surface area (Å²) in [5, 5.41) is 0. The van der Waals surface area contributed by atoms with Gasteiger partial charge in [-0.2, -0.15) is 0 Å². The summed E-state index contributed by atoms with van der Waals surface area (Å²) >= 11 is 0. The number of amides is 1. The molecular formula is C21H24N6O4. The average molecular weight is 424 g/mol. The molecule has 4 rings (SSSR count). The topological polar surface area (TPSA) is 124 Å². The summed E-state index contributed by atoms with van der Waals surface area (Å²) in [6.07, 6.45) is 0.618. The molecule has 0 atom stereocenters. The first-order chi connectivity index (χ1) is 14.8. The summed E-state index contributed by atoms with van der Waals surface area (Å²) in [6, 6.07) is 7.52. The second-order valence-electron chi connectivity index (χ2n) is 7.67. The molecular weight excluding hydrogens is 400 g/mol. The van der Waals surface area contributed by atoms with Crippen LogP contribution in [0.5, 0.6) is 0 Å². The lowest BCUT2D eigenvalue weighted by molar-refractivity contribution is -0.131. The number of H-pyrrole nitrogens is 2. The second-order valence-corrected chi connectivity index (χ2v) is 7.67. The molecule has 2 aromatic heterocycles. The van der Waals surface area contributed by atoms with E-state index < -0.39 is 11.2 Å². The van der Waals surface area contributed by atoms with Crippen LogP contribution in [0.3, 0.4) is 0 Å². The number of piperazine rings is 1. The Hall–Kier alpha value is -3.69. The molecule has 0 bridgehead atoms. The summed E-state index contributed by atoms with van der Waals surface area (Å²) in [5.74, 6) is 0.562. The molecule has 2 N–H and O–H groups in total. The maximum Gasteiger partial charge on any atom is 0.329 e. The Balaban J connectivity index is 1.34. The number of aromatic nitrogens is 4. The van der Waals surface area contributed by atoms with Gasteiger partial charge in [-0.25, -0.2) is 9.78 Å². The van der Waals surface area contributed by atoms with Crippen LogP contribution in [0.15, 0.2) is 33.9 Å². The van der Waals surface area contributed by atoms with Crippen molar-refractivity contribution in [2.24, 2.45) is 7.05 Å². The number of ketones is 1. The van der Waals surface area contributed by atoms with Gasteiger partial charge in [-0.15, -0.1) is 0 Å². The van der Waals surface area contributed by atoms with Gasteiger partial charge in [-0.05, 0) is 31.2 Å². The fraction of sp³-hybridized carbons (Fsp3) is 0.381. The third-order valence-electron chi connectivity index (χ3n) is 5.65. The van der Waals surface area contributed by atoms with E-state index in [0.717, 1.165) is 5.69 Å². The van der Waals surface area contributed by atoms with Gasteiger partial charge in [0.05, 0.1) is 0 Å². The standard InChI is InChI=1S/C21H24N6O4/c1-13(28)14-3-5-15(6-4-14)26-9-11-27(12-10-26)17(29)8-7-16-22-18-19(23-16)25(2)21(31)24-20(18)30/h3-6H,7-12H2,1-2H3,(H,22,23)(H,24,30,31). The van der Waals surface area contributed by atoms with E-state index in [1.54, 1.807) is 6.92 Å². The van der Waals surface area contributed by atoms with Crippen molar-refractivity contribution in [3.05, 3.63) is 56.5 Å². The van der Waals surface area contributed by atoms with Crippen molar-refractivity contribution < 1.29 is 9.59 Å². The zero-order valence-corrected chi connectivity index (χ0v) is 17.5. The molecule has 1 aliphatic heterocycles. The SMILES string of the molecule is CC(=O)c1ccc(N2CCN(C(=O)CCc3nc4c([nH]3)c(=O)[nH]c(=O)n4C)CC2)cc1. The first-order valence-electron chi connectivity index (χ1n) is 10.1. The number of carbonyl (C=O) groups excluding carboxylic acids is 2. The zero-order chi connectivity index (χ0) is 22.1. The van der Waals surface area contributed by atoms with Gasteiger partial charge in [0.2, 0.25) is 5.91 Å². The highest BCUT2D eigenvalue weighted by molar-refractivity contribution is 5.94. The van der Waals surface area contributed by atoms with Crippen molar-refractivity contribution in [3.63, 3.8) is 0 Å². The number of aryl methyl sites for hydroxylation is 2. The van der Waals surface area contributed by atoms with Crippen molar-refractivity contribution >= 4 is 28.5 Å². The lowest BCUT2D eigenvalue weighted by atomic mass is 10.1. The molecule has 1 aromatic carbocycles. The van der Waals surface area contributed by atoms with Gasteiger partial charge in [0.25, 0.3) is 5.56 Å². The Kier molecular flexibility index (Phi) is 5.45. The molecule has 1 amide bonds. The molecule has 31 heavy (non-hydrogen) atoms. The van der Waals surface area contributed by atoms with E-state index in [0.29, 0.717) is 44.0 Å². The fourth-order valence-electron chi connectivity index (χ4n) is 3.78. The minimum atomic E-state index is -0.527. The van der Waals surface area contributed by atoms with Crippen molar-refractivity contribution in [2.45, 2.75) is 19.8 Å². The Bertz CT molecular complexity index is 1250. The third-order valence-corrected chi connectivity index (χ3v) is 5.65. The molecule has 10 nitrogen and oxygen atoms in total. The number of nitrogens with one attached hydrogen (secondary N) is 2. The Morgan fingerprint density at radius 1 is 1.03 bits per heavy atom. The highest BCUT2D eigenvalue weighted by Crippen LogP contribution is 2.18. The summed E-state index contributed by atoms with van der Waals surface area (Å²) in [4.78, 5) is 61.1. The number of anilines is 1. The summed E-state index contributed by atoms with van der Waals surface area (Å²) in [6.45, 7) is 4.20. The molecule has 10 heteroatoms. The third kappa shape index (κ3) is 4.14. The van der Waals surface area contributed by atoms with E-state index in [-0.39, 0.29) is 29.3 Å². The van der Waals surface area contributed by atoms with Crippen LogP contribution in [-0.4, -0.2) is 62.3 Å². The van der Waals surface area contributed by atoms with Crippen LogP contribution in [-0.2, 0) is 18.3 Å². The maximum absolute atomic E-state index is 12.6. The Morgan fingerprint density at radius 3 is 2.35 bits per heavy atom. The van der Waals surface area contributed by atoms with Crippen LogP contribution in [0.2, 0.25) is 0 Å². The van der Waals surface area contributed by atoms with Crippen LogP contribution in [0, 0.1) is 0 Å². The lowest BCUT2D eigenvalue weighted by Gasteiger charge is -2.36. The van der Waals surface area contributed by atoms with Crippen molar-refractivity contribution in [1.29, 1.82) is 0 Å². The van der Waals surface area contributed by atoms with Crippen molar-refractivity contribution in [2.75, 3.05) is 31.1 Å². The highest BCUT2D eigenvalue weighted by Gasteiger charge is 2.22. The number of rotatable bonds is 5. The molecule has 162 valence electrons. The van der Waals surface area contributed by atoms with Gasteiger partial charge in [-0.3, -0.25) is 23.9 Å². The van der Waals surface area contributed by atoms with Gasteiger partial charge < -0.3 is 14.8 Å². The smallest absolute Gasteiger partial charge is 0.329 e. The molecule has 3 heterocycles. The number of hydrogen-bond donors (Lipinski definition) is 2. The summed E-state index contributed by atoms with van der Waals surface area (Å²) < 4.78 is 1.26. The minimum absolute atomic E-state index is 0.0230. The van der Waals surface area contributed by atoms with Crippen molar-refractivity contribution in [3.8, 4) is 0 Å². The minimum Gasteiger partial charge on any atom is -0.368 e. The largest absolute Gasteiger partial charge is 0.368 e. The monoisotopic (exact) mass is 424 g/mol. The number of aromatic amines is 2. The van der Waals surface area contributed by atoms with Gasteiger partial charge in [0.15, 0.2) is 11.4 Å². The van der Waals surface area contributed by atoms with Crippen LogP contribution >= 0.6 is 0 Å². The Morgan fingerprint density at radius 2 is 1.71 bits per heavy atom. The molecule has 0 aliphatic carbocycles. The predicted octanol–water partition coefficient (Wildman–Crippen LogP) is 0.434. The first-order valence-corrected chi connectivity index (χ1v) is 10.1. The Labute approximate surface area is 177 Å². The van der Waals surface area contributed by atoms with E-state index in [1.807, 2.05) is 29.2 Å². The number of Topliss-reactive ketones (excluding diaryl/α,β-unsaturated/α-hetero) is 1. The average Bonchev–Trinajstić information content (AvgIpc) is 3.21. The number of benzene rings is 1. The van der Waals surface area contributed by atoms with Gasteiger partial charge >= 0.3 is 5.69 Å². The maximum atomic E-state index is 12.6. The fourth-order valence-corrected chi connectivity index (χ4v) is 3.78. The molecule has 0 spiro atoms. The van der Waals surface area contributed by atoms with Crippen LogP contribution in [0.1, 0.15) is 29.5 Å². The first kappa shape index (κ1) is 20.6. The number of imidazole rings is 1. The summed E-state index contributed by atoms with van der Waals surface area (Å²) in [5.41, 5.74) is 1.19. The van der Waals surface area contributed by atoms with E-state index in [2.05, 4.69) is 19.9 Å². The quantitative estimate of drug-likeness (QED) is 0.573. The molecule has 1 fully saturated rings. The van der Waals surface area contributed by atoms with Crippen molar-refractivity contribution in [1.82, 2.24) is 24.4 Å². The number of hydrogen-bond acceptors (Lipinski definition) is 6. The van der Waals surface area contributed by atoms with Crippen LogP contribution in [0.25, 0.3) is 11.2 Å². The second kappa shape index (κ2) is 8.21. The van der Waals surface area contributed by atoms with E-state index in [1.165, 1.54) is 11.6 Å². The molecule has 3 aromatic rings.